The quantitative estimate of drug-likeness (QED) is 0.0580. The van der Waals surface area contributed by atoms with Gasteiger partial charge in [-0.25, -0.2) is 4.79 Å². The monoisotopic (exact) mass is 927 g/mol. The molecule has 0 unspecified atom stereocenters. The third kappa shape index (κ3) is 14.0. The van der Waals surface area contributed by atoms with Gasteiger partial charge >= 0.3 is 5.97 Å². The fraction of sp³-hybridized carbons (Fsp3) is 0.333. The number of aliphatic carboxylic acids is 1. The number of Topliss-reactive ketones (excluding diaryl/α,β-unsaturated/α-hetero) is 1. The molecule has 6 rings (SSSR count). The van der Waals surface area contributed by atoms with Crippen LogP contribution in [0.25, 0.3) is 11.1 Å². The van der Waals surface area contributed by atoms with E-state index < -0.39 is 64.7 Å². The highest BCUT2D eigenvalue weighted by Crippen LogP contribution is 2.35. The smallest absolute Gasteiger partial charge is 0.377 e. The minimum Gasteiger partial charge on any atom is -0.475 e. The number of carboxylic acids is 1. The molecule has 4 aromatic rings. The Labute approximate surface area is 394 Å². The van der Waals surface area contributed by atoms with Crippen LogP contribution in [0.2, 0.25) is 0 Å². The van der Waals surface area contributed by atoms with Crippen LogP contribution in [0.1, 0.15) is 51.9 Å². The number of rotatable bonds is 13. The number of nitrogens with two attached hydrogens (primary N) is 1. The molecule has 2 aliphatic rings. The average molecular weight is 928 g/mol. The topological polar surface area (TPSA) is 255 Å². The van der Waals surface area contributed by atoms with Crippen molar-refractivity contribution in [2.45, 2.75) is 57.2 Å². The first-order chi connectivity index (χ1) is 32.8. The van der Waals surface area contributed by atoms with E-state index in [4.69, 9.17) is 15.6 Å². The van der Waals surface area contributed by atoms with Crippen LogP contribution in [0.15, 0.2) is 115 Å². The molecule has 2 aliphatic heterocycles. The molecule has 1 saturated heterocycles. The summed E-state index contributed by atoms with van der Waals surface area (Å²) in [5, 5.41) is 23.4. The second-order valence-electron chi connectivity index (χ2n) is 16.8. The molecule has 0 radical (unpaired) electrons. The molecule has 2 heterocycles. The molecule has 1 fully saturated rings. The summed E-state index contributed by atoms with van der Waals surface area (Å²) in [6.07, 6.45) is 3.35. The lowest BCUT2D eigenvalue weighted by Gasteiger charge is -2.42. The second-order valence-corrected chi connectivity index (χ2v) is 16.8. The number of hydrogen-bond donors (Lipinski definition) is 7. The van der Waals surface area contributed by atoms with Gasteiger partial charge in [0.05, 0.1) is 25.0 Å². The Hall–Kier alpha value is -7.50. The van der Waals surface area contributed by atoms with E-state index >= 15 is 0 Å². The van der Waals surface area contributed by atoms with E-state index in [2.05, 4.69) is 26.6 Å². The summed E-state index contributed by atoms with van der Waals surface area (Å²) in [5.41, 5.74) is 8.63. The highest BCUT2D eigenvalue weighted by molar-refractivity contribution is 6.39. The van der Waals surface area contributed by atoms with Crippen LogP contribution in [0.4, 0.5) is 0 Å². The Morgan fingerprint density at radius 1 is 0.794 bits per heavy atom. The van der Waals surface area contributed by atoms with Crippen molar-refractivity contribution in [3.63, 3.8) is 0 Å². The lowest BCUT2D eigenvalue weighted by Crippen LogP contribution is -2.58. The van der Waals surface area contributed by atoms with E-state index in [1.807, 2.05) is 54.6 Å². The number of carbonyl (C=O) groups is 8. The standard InChI is InChI=1S/C51H57N7O10/c52-23-27-68-28-25-54-47(63)41-21-24-53-43(59)19-20-45(61)58-26-6-22-51(33-58,31-35-7-2-1-3-8-35)50(67)57-42(48(64)55-32-40-10-5-4-9-39(40)30-44(60)56-41)29-34-11-13-36(14-12-34)37-15-17-38(18-16-37)46(62)49(65)66/h1-5,7-20,41-42H,6,21-33,52H2,(H,53,59)(H,54,63)(H,55,64)(H,56,60)(H,57,67)(H,65,66)/b20-19+/t41-,42-,51-/m0/s1. The number of carbonyl (C=O) groups excluding carboxylic acids is 7. The van der Waals surface area contributed by atoms with E-state index in [1.54, 1.807) is 36.4 Å². The molecule has 0 aromatic heterocycles. The van der Waals surface area contributed by atoms with Crippen LogP contribution < -0.4 is 32.3 Å². The number of piperidine rings is 1. The molecule has 17 heteroatoms. The summed E-state index contributed by atoms with van der Waals surface area (Å²) in [6.45, 7) is 1.34. The normalized spacial score (nSPS) is 20.2. The first-order valence-electron chi connectivity index (χ1n) is 22.6. The number of ketones is 1. The summed E-state index contributed by atoms with van der Waals surface area (Å²) in [7, 11) is 0. The van der Waals surface area contributed by atoms with E-state index in [9.17, 15) is 38.4 Å². The summed E-state index contributed by atoms with van der Waals surface area (Å²) in [6, 6.07) is 27.8. The first kappa shape index (κ1) is 49.9. The highest BCUT2D eigenvalue weighted by atomic mass is 16.5. The summed E-state index contributed by atoms with van der Waals surface area (Å²) < 4.78 is 5.36. The number of ether oxygens (including phenoxy) is 1. The number of benzene rings is 4. The largest absolute Gasteiger partial charge is 0.475 e. The minimum absolute atomic E-state index is 0.00348. The third-order valence-corrected chi connectivity index (χ3v) is 11.9. The van der Waals surface area contributed by atoms with Gasteiger partial charge in [0.25, 0.3) is 5.78 Å². The number of nitrogens with one attached hydrogen (secondary N) is 5. The van der Waals surface area contributed by atoms with Crippen molar-refractivity contribution in [1.29, 1.82) is 0 Å². The van der Waals surface area contributed by atoms with Gasteiger partial charge in [-0.05, 0) is 59.1 Å². The summed E-state index contributed by atoms with van der Waals surface area (Å²) in [4.78, 5) is 108. The maximum Gasteiger partial charge on any atom is 0.377 e. The van der Waals surface area contributed by atoms with Crippen molar-refractivity contribution in [2.75, 3.05) is 45.9 Å². The van der Waals surface area contributed by atoms with Crippen LogP contribution in [0, 0.1) is 5.41 Å². The predicted octanol–water partition coefficient (Wildman–Crippen LogP) is 2.01. The molecule has 17 nitrogen and oxygen atoms in total. The van der Waals surface area contributed by atoms with Crippen molar-refractivity contribution in [3.05, 3.63) is 143 Å². The van der Waals surface area contributed by atoms with Crippen LogP contribution in [-0.2, 0) is 64.1 Å². The van der Waals surface area contributed by atoms with Gasteiger partial charge in [-0.1, -0.05) is 103 Å². The van der Waals surface area contributed by atoms with Crippen LogP contribution in [-0.4, -0.2) is 115 Å². The van der Waals surface area contributed by atoms with Crippen molar-refractivity contribution in [3.8, 4) is 11.1 Å². The zero-order chi connectivity index (χ0) is 48.5. The Bertz CT molecular complexity index is 2480. The molecule has 0 spiro atoms. The average Bonchev–Trinajstić information content (AvgIpc) is 3.34. The molecule has 0 aliphatic carbocycles. The molecule has 0 saturated carbocycles. The van der Waals surface area contributed by atoms with Crippen LogP contribution >= 0.6 is 0 Å². The number of carboxylic acid groups (broad SMARTS) is 1. The van der Waals surface area contributed by atoms with Gasteiger partial charge in [-0.2, -0.15) is 0 Å². The number of hydrogen-bond acceptors (Lipinski definition) is 10. The molecule has 356 valence electrons. The maximum absolute atomic E-state index is 14.9. The van der Waals surface area contributed by atoms with Crippen molar-refractivity contribution in [2.24, 2.45) is 11.1 Å². The van der Waals surface area contributed by atoms with Crippen LogP contribution in [0.3, 0.4) is 0 Å². The zero-order valence-corrected chi connectivity index (χ0v) is 37.7. The first-order valence-corrected chi connectivity index (χ1v) is 22.6. The van der Waals surface area contributed by atoms with E-state index in [-0.39, 0.29) is 64.0 Å². The Kier molecular flexibility index (Phi) is 17.9. The minimum atomic E-state index is -1.55. The molecule has 68 heavy (non-hydrogen) atoms. The van der Waals surface area contributed by atoms with Crippen molar-refractivity contribution < 1.29 is 48.2 Å². The van der Waals surface area contributed by atoms with Gasteiger partial charge in [0, 0.05) is 63.4 Å². The van der Waals surface area contributed by atoms with Crippen LogP contribution in [0.5, 0.6) is 0 Å². The predicted molar refractivity (Wildman–Crippen MR) is 251 cm³/mol. The molecular formula is C51H57N7O10. The summed E-state index contributed by atoms with van der Waals surface area (Å²) in [5.74, 6) is -5.52. The molecule has 2 bridgehead atoms. The van der Waals surface area contributed by atoms with Crippen molar-refractivity contribution in [1.82, 2.24) is 31.5 Å². The van der Waals surface area contributed by atoms with Gasteiger partial charge in [0.15, 0.2) is 0 Å². The fourth-order valence-electron chi connectivity index (χ4n) is 8.34. The lowest BCUT2D eigenvalue weighted by molar-refractivity contribution is -0.141. The highest BCUT2D eigenvalue weighted by Gasteiger charge is 2.44. The molecular weight excluding hydrogens is 871 g/mol. The molecule has 6 amide bonds. The Morgan fingerprint density at radius 2 is 1.49 bits per heavy atom. The number of fused-ring (bicyclic) bond motifs is 3. The van der Waals surface area contributed by atoms with Gasteiger partial charge < -0.3 is 47.1 Å². The van der Waals surface area contributed by atoms with Gasteiger partial charge in [-0.3, -0.25) is 33.6 Å². The SMILES string of the molecule is NCCOCCNC(=O)[C@@H]1CCNC(=O)/C=C/C(=O)N2CCC[C@](Cc3ccccc3)(C2)C(=O)N[C@@H](Cc2ccc(-c3ccc(C(=O)C(=O)O)cc3)cc2)C(=O)NCc2ccccc2CC(=O)N1. The fourth-order valence-corrected chi connectivity index (χ4v) is 8.34. The lowest BCUT2D eigenvalue weighted by atomic mass is 9.74. The number of nitrogens with zero attached hydrogens (tertiary/aromatic N) is 1. The second kappa shape index (κ2) is 24.3. The van der Waals surface area contributed by atoms with E-state index in [1.165, 1.54) is 17.0 Å². The maximum atomic E-state index is 14.9. The Balaban J connectivity index is 1.30. The molecule has 8 N–H and O–H groups in total. The molecule has 4 aromatic carbocycles. The summed E-state index contributed by atoms with van der Waals surface area (Å²) >= 11 is 0. The Morgan fingerprint density at radius 3 is 2.19 bits per heavy atom. The van der Waals surface area contributed by atoms with Gasteiger partial charge in [0.2, 0.25) is 35.4 Å². The number of amides is 6. The third-order valence-electron chi connectivity index (χ3n) is 11.9. The zero-order valence-electron chi connectivity index (χ0n) is 37.7. The van der Waals surface area contributed by atoms with Crippen molar-refractivity contribution >= 4 is 47.2 Å². The van der Waals surface area contributed by atoms with Gasteiger partial charge in [-0.15, -0.1) is 0 Å². The van der Waals surface area contributed by atoms with E-state index in [0.29, 0.717) is 49.2 Å². The van der Waals surface area contributed by atoms with Gasteiger partial charge in [0.1, 0.15) is 12.1 Å². The van der Waals surface area contributed by atoms with E-state index in [0.717, 1.165) is 28.8 Å². The molecule has 3 atom stereocenters.